The number of piperidine rings is 1. The van der Waals surface area contributed by atoms with Crippen molar-refractivity contribution in [3.8, 4) is 10.6 Å². The van der Waals surface area contributed by atoms with Crippen LogP contribution in [-0.2, 0) is 14.8 Å². The van der Waals surface area contributed by atoms with Crippen molar-refractivity contribution in [1.82, 2.24) is 14.3 Å². The fourth-order valence-electron chi connectivity index (χ4n) is 3.08. The first-order valence-corrected chi connectivity index (χ1v) is 11.9. The Hall–Kier alpha value is -2.14. The van der Waals surface area contributed by atoms with Gasteiger partial charge in [-0.1, -0.05) is 6.07 Å². The average Bonchev–Trinajstić information content (AvgIpc) is 3.40. The molecule has 3 aromatic heterocycles. The molecule has 1 fully saturated rings. The van der Waals surface area contributed by atoms with E-state index in [0.29, 0.717) is 31.1 Å². The Labute approximate surface area is 171 Å². The Bertz CT molecular complexity index is 1040. The molecule has 1 amide bonds. The van der Waals surface area contributed by atoms with Crippen LogP contribution >= 0.6 is 22.7 Å². The molecule has 1 aliphatic heterocycles. The van der Waals surface area contributed by atoms with Crippen molar-refractivity contribution in [3.63, 3.8) is 0 Å². The van der Waals surface area contributed by atoms with Gasteiger partial charge in [0.25, 0.3) is 0 Å². The number of anilines is 1. The molecule has 146 valence electrons. The number of thiophene rings is 1. The Morgan fingerprint density at radius 3 is 2.68 bits per heavy atom. The summed E-state index contributed by atoms with van der Waals surface area (Å²) < 4.78 is 26.7. The summed E-state index contributed by atoms with van der Waals surface area (Å²) in [5.74, 6) is -0.333. The lowest BCUT2D eigenvalue weighted by Gasteiger charge is -2.30. The van der Waals surface area contributed by atoms with Gasteiger partial charge >= 0.3 is 0 Å². The third kappa shape index (κ3) is 4.00. The van der Waals surface area contributed by atoms with E-state index in [0.717, 1.165) is 10.6 Å². The van der Waals surface area contributed by atoms with Gasteiger partial charge in [0.05, 0.1) is 10.6 Å². The smallest absolute Gasteiger partial charge is 0.244 e. The fourth-order valence-corrected chi connectivity index (χ4v) is 5.99. The number of pyridine rings is 1. The molecule has 0 radical (unpaired) electrons. The normalized spacial score (nSPS) is 16.1. The zero-order valence-corrected chi connectivity index (χ0v) is 17.3. The van der Waals surface area contributed by atoms with Gasteiger partial charge in [-0.2, -0.15) is 4.31 Å². The number of nitrogens with one attached hydrogen (secondary N) is 1. The monoisotopic (exact) mass is 434 g/mol. The number of hydrogen-bond donors (Lipinski definition) is 1. The summed E-state index contributed by atoms with van der Waals surface area (Å²) in [7, 11) is -3.56. The molecule has 0 atom stereocenters. The molecule has 3 aromatic rings. The molecule has 0 spiro atoms. The van der Waals surface area contributed by atoms with Crippen LogP contribution in [0.25, 0.3) is 10.6 Å². The van der Waals surface area contributed by atoms with E-state index in [1.54, 1.807) is 17.4 Å². The molecule has 0 bridgehead atoms. The number of carbonyl (C=O) groups is 1. The van der Waals surface area contributed by atoms with E-state index >= 15 is 0 Å². The lowest BCUT2D eigenvalue weighted by atomic mass is 9.97. The molecule has 4 heterocycles. The van der Waals surface area contributed by atoms with Crippen molar-refractivity contribution in [2.75, 3.05) is 18.4 Å². The molecule has 1 saturated heterocycles. The van der Waals surface area contributed by atoms with E-state index in [1.165, 1.54) is 34.1 Å². The number of carbonyl (C=O) groups excluding carboxylic acids is 1. The maximum atomic E-state index is 12.6. The zero-order chi connectivity index (χ0) is 19.6. The van der Waals surface area contributed by atoms with E-state index in [9.17, 15) is 13.2 Å². The molecule has 10 heteroatoms. The zero-order valence-electron chi connectivity index (χ0n) is 14.8. The van der Waals surface area contributed by atoms with Gasteiger partial charge in [-0.15, -0.1) is 22.7 Å². The highest BCUT2D eigenvalue weighted by Gasteiger charge is 2.32. The SMILES string of the molecule is O=C(Nc1nc(-c2cccs2)cs1)C1CCN(S(=O)(=O)c2cccnc2)CC1. The van der Waals surface area contributed by atoms with Gasteiger partial charge in [-0.3, -0.25) is 9.78 Å². The molecule has 0 aliphatic carbocycles. The lowest BCUT2D eigenvalue weighted by Crippen LogP contribution is -2.41. The van der Waals surface area contributed by atoms with Crippen molar-refractivity contribution >= 4 is 43.7 Å². The largest absolute Gasteiger partial charge is 0.302 e. The summed E-state index contributed by atoms with van der Waals surface area (Å²) in [6.07, 6.45) is 3.85. The second kappa shape index (κ2) is 8.08. The van der Waals surface area contributed by atoms with Crippen LogP contribution < -0.4 is 5.32 Å². The van der Waals surface area contributed by atoms with Gasteiger partial charge in [0.1, 0.15) is 4.90 Å². The molecular weight excluding hydrogens is 416 g/mol. The summed E-state index contributed by atoms with van der Waals surface area (Å²) in [6.45, 7) is 0.626. The minimum absolute atomic E-state index is 0.106. The van der Waals surface area contributed by atoms with Gasteiger partial charge in [-0.25, -0.2) is 13.4 Å². The second-order valence-electron chi connectivity index (χ2n) is 6.37. The Kier molecular flexibility index (Phi) is 5.54. The maximum Gasteiger partial charge on any atom is 0.244 e. The predicted molar refractivity (Wildman–Crippen MR) is 110 cm³/mol. The van der Waals surface area contributed by atoms with Crippen molar-refractivity contribution in [3.05, 3.63) is 47.4 Å². The third-order valence-corrected chi connectivity index (χ3v) is 8.14. The highest BCUT2D eigenvalue weighted by atomic mass is 32.2. The quantitative estimate of drug-likeness (QED) is 0.665. The molecular formula is C18H18N4O3S3. The number of rotatable bonds is 5. The number of thiazole rings is 1. The van der Waals surface area contributed by atoms with Crippen molar-refractivity contribution < 1.29 is 13.2 Å². The van der Waals surface area contributed by atoms with Crippen LogP contribution in [0, 0.1) is 5.92 Å². The Morgan fingerprint density at radius 1 is 1.18 bits per heavy atom. The summed E-state index contributed by atoms with van der Waals surface area (Å²) in [6, 6.07) is 7.09. The molecule has 0 aromatic carbocycles. The minimum atomic E-state index is -3.56. The van der Waals surface area contributed by atoms with Crippen LogP contribution in [0.3, 0.4) is 0 Å². The van der Waals surface area contributed by atoms with Crippen molar-refractivity contribution in [2.24, 2.45) is 5.92 Å². The van der Waals surface area contributed by atoms with Crippen molar-refractivity contribution in [2.45, 2.75) is 17.7 Å². The average molecular weight is 435 g/mol. The summed E-state index contributed by atoms with van der Waals surface area (Å²) in [4.78, 5) is 22.2. The van der Waals surface area contributed by atoms with Gasteiger partial charge in [0.15, 0.2) is 5.13 Å². The van der Waals surface area contributed by atoms with E-state index in [4.69, 9.17) is 0 Å². The topological polar surface area (TPSA) is 92.3 Å². The first-order valence-electron chi connectivity index (χ1n) is 8.74. The molecule has 1 N–H and O–H groups in total. The summed E-state index contributed by atoms with van der Waals surface area (Å²) in [5, 5.41) is 7.35. The Morgan fingerprint density at radius 2 is 2.00 bits per heavy atom. The van der Waals surface area contributed by atoms with E-state index in [1.807, 2.05) is 22.9 Å². The summed E-state index contributed by atoms with van der Waals surface area (Å²) >= 11 is 2.99. The molecule has 7 nitrogen and oxygen atoms in total. The predicted octanol–water partition coefficient (Wildman–Crippen LogP) is 3.31. The third-order valence-electron chi connectivity index (χ3n) is 4.60. The lowest BCUT2D eigenvalue weighted by molar-refractivity contribution is -0.120. The maximum absolute atomic E-state index is 12.6. The minimum Gasteiger partial charge on any atom is -0.302 e. The van der Waals surface area contributed by atoms with Gasteiger partial charge in [0.2, 0.25) is 15.9 Å². The summed E-state index contributed by atoms with van der Waals surface area (Å²) in [5.41, 5.74) is 0.854. The van der Waals surface area contributed by atoms with Crippen LogP contribution in [0.5, 0.6) is 0 Å². The molecule has 0 unspecified atom stereocenters. The van der Waals surface area contributed by atoms with Crippen LogP contribution in [0.15, 0.2) is 52.3 Å². The van der Waals surface area contributed by atoms with Gasteiger partial charge < -0.3 is 5.32 Å². The molecule has 1 aliphatic rings. The van der Waals surface area contributed by atoms with Crippen LogP contribution in [0.1, 0.15) is 12.8 Å². The number of aromatic nitrogens is 2. The standard InChI is InChI=1S/C18H18N4O3S3/c23-17(21-18-20-15(12-27-18)16-4-2-10-26-16)13-5-8-22(9-6-13)28(24,25)14-3-1-7-19-11-14/h1-4,7,10-13H,5-6,8-9H2,(H,20,21,23). The fraction of sp³-hybridized carbons (Fsp3) is 0.278. The molecule has 0 saturated carbocycles. The molecule has 28 heavy (non-hydrogen) atoms. The van der Waals surface area contributed by atoms with Crippen LogP contribution in [-0.4, -0.2) is 41.7 Å². The second-order valence-corrected chi connectivity index (χ2v) is 10.1. The van der Waals surface area contributed by atoms with E-state index < -0.39 is 10.0 Å². The number of hydrogen-bond acceptors (Lipinski definition) is 7. The van der Waals surface area contributed by atoms with E-state index in [-0.39, 0.29) is 16.7 Å². The molecule has 4 rings (SSSR count). The van der Waals surface area contributed by atoms with Crippen LogP contribution in [0.2, 0.25) is 0 Å². The number of sulfonamides is 1. The van der Waals surface area contributed by atoms with Crippen LogP contribution in [0.4, 0.5) is 5.13 Å². The highest BCUT2D eigenvalue weighted by molar-refractivity contribution is 7.89. The highest BCUT2D eigenvalue weighted by Crippen LogP contribution is 2.29. The van der Waals surface area contributed by atoms with Gasteiger partial charge in [0, 0.05) is 36.8 Å². The van der Waals surface area contributed by atoms with E-state index in [2.05, 4.69) is 15.3 Å². The van der Waals surface area contributed by atoms with Gasteiger partial charge in [-0.05, 0) is 36.4 Å². The first kappa shape index (κ1) is 19.2. The number of nitrogens with zero attached hydrogens (tertiary/aromatic N) is 3. The Balaban J connectivity index is 1.35. The number of amides is 1. The van der Waals surface area contributed by atoms with Crippen molar-refractivity contribution in [1.29, 1.82) is 0 Å². The first-order chi connectivity index (χ1) is 13.5.